The van der Waals surface area contributed by atoms with Crippen LogP contribution in [0.5, 0.6) is 0 Å². The van der Waals surface area contributed by atoms with Gasteiger partial charge >= 0.3 is 0 Å². The Labute approximate surface area is 138 Å². The van der Waals surface area contributed by atoms with E-state index < -0.39 is 5.79 Å². The highest BCUT2D eigenvalue weighted by Gasteiger charge is 2.44. The molecule has 1 unspecified atom stereocenters. The van der Waals surface area contributed by atoms with Crippen molar-refractivity contribution in [2.45, 2.75) is 25.4 Å². The molecule has 2 aromatic rings. The van der Waals surface area contributed by atoms with Crippen LogP contribution >= 0.6 is 23.2 Å². The van der Waals surface area contributed by atoms with E-state index in [4.69, 9.17) is 37.8 Å². The number of aromatic nitrogens is 3. The van der Waals surface area contributed by atoms with Crippen LogP contribution in [-0.4, -0.2) is 39.7 Å². The summed E-state index contributed by atoms with van der Waals surface area (Å²) in [4.78, 5) is 3.93. The highest BCUT2D eigenvalue weighted by molar-refractivity contribution is 6.35. The first-order valence-electron chi connectivity index (χ1n) is 6.63. The minimum atomic E-state index is -0.964. The predicted molar refractivity (Wildman–Crippen MR) is 82.8 cm³/mol. The Hall–Kier alpha value is -1.18. The SMILES string of the molecule is CO.C[C@@H]1COC(Cn2cncn2)(c2ccc(Cl)cc2Cl)O1. The van der Waals surface area contributed by atoms with Gasteiger partial charge in [0.15, 0.2) is 0 Å². The van der Waals surface area contributed by atoms with Crippen LogP contribution in [0.25, 0.3) is 0 Å². The first-order valence-corrected chi connectivity index (χ1v) is 7.39. The maximum Gasteiger partial charge on any atom is 0.217 e. The molecule has 2 heterocycles. The van der Waals surface area contributed by atoms with Gasteiger partial charge in [-0.1, -0.05) is 29.3 Å². The molecule has 1 aromatic heterocycles. The molecular weight excluding hydrogens is 329 g/mol. The summed E-state index contributed by atoms with van der Waals surface area (Å²) in [5, 5.41) is 12.2. The summed E-state index contributed by atoms with van der Waals surface area (Å²) in [7, 11) is 1.00. The first-order chi connectivity index (χ1) is 10.6. The highest BCUT2D eigenvalue weighted by Crippen LogP contribution is 2.40. The Bertz CT molecular complexity index is 609. The minimum Gasteiger partial charge on any atom is -0.400 e. The van der Waals surface area contributed by atoms with Gasteiger partial charge in [-0.05, 0) is 19.1 Å². The van der Waals surface area contributed by atoms with E-state index in [1.807, 2.05) is 13.0 Å². The third-order valence-electron chi connectivity index (χ3n) is 3.12. The molecule has 0 aliphatic carbocycles. The molecule has 3 rings (SSSR count). The van der Waals surface area contributed by atoms with Crippen LogP contribution in [0.3, 0.4) is 0 Å². The van der Waals surface area contributed by atoms with Gasteiger partial charge in [-0.2, -0.15) is 5.10 Å². The van der Waals surface area contributed by atoms with E-state index in [0.29, 0.717) is 23.2 Å². The number of aliphatic hydroxyl groups excluding tert-OH is 1. The van der Waals surface area contributed by atoms with Gasteiger partial charge in [-0.15, -0.1) is 0 Å². The summed E-state index contributed by atoms with van der Waals surface area (Å²) < 4.78 is 13.5. The van der Waals surface area contributed by atoms with Crippen molar-refractivity contribution in [2.75, 3.05) is 13.7 Å². The van der Waals surface area contributed by atoms with E-state index in [2.05, 4.69) is 10.1 Å². The van der Waals surface area contributed by atoms with Crippen LogP contribution in [0.1, 0.15) is 12.5 Å². The summed E-state index contributed by atoms with van der Waals surface area (Å²) >= 11 is 12.2. The number of rotatable bonds is 3. The fourth-order valence-electron chi connectivity index (χ4n) is 2.28. The van der Waals surface area contributed by atoms with Gasteiger partial charge in [0.1, 0.15) is 19.2 Å². The zero-order valence-electron chi connectivity index (χ0n) is 12.2. The number of aliphatic hydroxyl groups is 1. The van der Waals surface area contributed by atoms with Crippen LogP contribution in [0, 0.1) is 0 Å². The molecule has 1 aliphatic rings. The van der Waals surface area contributed by atoms with Crippen LogP contribution in [0.2, 0.25) is 10.0 Å². The Morgan fingerprint density at radius 1 is 1.41 bits per heavy atom. The lowest BCUT2D eigenvalue weighted by atomic mass is 10.1. The summed E-state index contributed by atoms with van der Waals surface area (Å²) in [6.07, 6.45) is 3.06. The number of hydrogen-bond donors (Lipinski definition) is 1. The lowest BCUT2D eigenvalue weighted by molar-refractivity contribution is -0.186. The van der Waals surface area contributed by atoms with Crippen molar-refractivity contribution in [3.05, 3.63) is 46.5 Å². The van der Waals surface area contributed by atoms with Crippen LogP contribution in [0.4, 0.5) is 0 Å². The van der Waals surface area contributed by atoms with E-state index in [1.54, 1.807) is 23.1 Å². The van der Waals surface area contributed by atoms with Crippen molar-refractivity contribution in [2.24, 2.45) is 0 Å². The van der Waals surface area contributed by atoms with E-state index in [0.717, 1.165) is 12.7 Å². The molecule has 0 bridgehead atoms. The van der Waals surface area contributed by atoms with Gasteiger partial charge < -0.3 is 14.6 Å². The number of hydrogen-bond acceptors (Lipinski definition) is 5. The number of benzene rings is 1. The molecule has 22 heavy (non-hydrogen) atoms. The van der Waals surface area contributed by atoms with Gasteiger partial charge in [0.25, 0.3) is 0 Å². The Balaban J connectivity index is 0.000000847. The Morgan fingerprint density at radius 2 is 2.18 bits per heavy atom. The Kier molecular flexibility index (Phi) is 5.77. The van der Waals surface area contributed by atoms with Gasteiger partial charge in [0, 0.05) is 17.7 Å². The van der Waals surface area contributed by atoms with Crippen molar-refractivity contribution in [1.82, 2.24) is 14.8 Å². The summed E-state index contributed by atoms with van der Waals surface area (Å²) in [6, 6.07) is 5.26. The van der Waals surface area contributed by atoms with Gasteiger partial charge in [-0.25, -0.2) is 9.67 Å². The monoisotopic (exact) mass is 345 g/mol. The normalized spacial score (nSPS) is 24.0. The number of ether oxygens (including phenoxy) is 2. The van der Waals surface area contributed by atoms with Gasteiger partial charge in [0.05, 0.1) is 17.7 Å². The zero-order valence-corrected chi connectivity index (χ0v) is 13.8. The fraction of sp³-hybridized carbons (Fsp3) is 0.429. The average Bonchev–Trinajstić information content (AvgIpc) is 3.12. The minimum absolute atomic E-state index is 0.0229. The molecule has 1 aromatic carbocycles. The van der Waals surface area contributed by atoms with E-state index in [9.17, 15) is 0 Å². The highest BCUT2D eigenvalue weighted by atomic mass is 35.5. The fourth-order valence-corrected chi connectivity index (χ4v) is 2.83. The summed E-state index contributed by atoms with van der Waals surface area (Å²) in [6.45, 7) is 2.82. The Morgan fingerprint density at radius 3 is 2.73 bits per heavy atom. The summed E-state index contributed by atoms with van der Waals surface area (Å²) in [5.74, 6) is -0.964. The molecule has 120 valence electrons. The second-order valence-electron chi connectivity index (χ2n) is 4.71. The van der Waals surface area contributed by atoms with Gasteiger partial charge in [0.2, 0.25) is 5.79 Å². The average molecular weight is 346 g/mol. The maximum absolute atomic E-state index is 7.00. The quantitative estimate of drug-likeness (QED) is 0.925. The topological polar surface area (TPSA) is 69.4 Å². The van der Waals surface area contributed by atoms with E-state index >= 15 is 0 Å². The zero-order chi connectivity index (χ0) is 16.2. The third-order valence-corrected chi connectivity index (χ3v) is 3.67. The standard InChI is InChI=1S/C13H13Cl2N3O2.CH4O/c1-9-5-19-13(20-9,6-18-8-16-7-17-18)11-3-2-10(14)4-12(11)15;1-2/h2-4,7-9H,5-6H2,1H3;2H,1H3/t9-,13?;/m1./s1. The van der Waals surface area contributed by atoms with Crippen molar-refractivity contribution in [3.63, 3.8) is 0 Å². The van der Waals surface area contributed by atoms with Crippen LogP contribution in [0.15, 0.2) is 30.9 Å². The molecule has 2 atom stereocenters. The molecule has 1 aliphatic heterocycles. The van der Waals surface area contributed by atoms with Crippen molar-refractivity contribution in [1.29, 1.82) is 0 Å². The van der Waals surface area contributed by atoms with Crippen molar-refractivity contribution >= 4 is 23.2 Å². The smallest absolute Gasteiger partial charge is 0.217 e. The first kappa shape index (κ1) is 17.2. The number of halogens is 2. The molecule has 8 heteroatoms. The lowest BCUT2D eigenvalue weighted by Gasteiger charge is -2.29. The molecule has 0 saturated carbocycles. The van der Waals surface area contributed by atoms with Crippen molar-refractivity contribution in [3.8, 4) is 0 Å². The second kappa shape index (κ2) is 7.39. The second-order valence-corrected chi connectivity index (χ2v) is 5.55. The predicted octanol–water partition coefficient (Wildman–Crippen LogP) is 2.48. The molecule has 0 radical (unpaired) electrons. The molecule has 1 N–H and O–H groups in total. The number of nitrogens with zero attached hydrogens (tertiary/aromatic N) is 3. The molecular formula is C14H17Cl2N3O3. The van der Waals surface area contributed by atoms with E-state index in [-0.39, 0.29) is 6.10 Å². The van der Waals surface area contributed by atoms with Crippen LogP contribution < -0.4 is 0 Å². The lowest BCUT2D eigenvalue weighted by Crippen LogP contribution is -2.34. The molecule has 0 spiro atoms. The molecule has 6 nitrogen and oxygen atoms in total. The van der Waals surface area contributed by atoms with Gasteiger partial charge in [-0.3, -0.25) is 0 Å². The largest absolute Gasteiger partial charge is 0.400 e. The van der Waals surface area contributed by atoms with E-state index in [1.165, 1.54) is 6.33 Å². The summed E-state index contributed by atoms with van der Waals surface area (Å²) in [5.41, 5.74) is 0.739. The maximum atomic E-state index is 7.00. The molecule has 0 amide bonds. The van der Waals surface area contributed by atoms with Crippen LogP contribution in [-0.2, 0) is 21.8 Å². The molecule has 1 saturated heterocycles. The third kappa shape index (κ3) is 3.59. The molecule has 1 fully saturated rings. The van der Waals surface area contributed by atoms with Crippen molar-refractivity contribution < 1.29 is 14.6 Å².